The third kappa shape index (κ3) is 11.4. The van der Waals surface area contributed by atoms with Gasteiger partial charge < -0.3 is 18.9 Å². The molecule has 0 bridgehead atoms. The van der Waals surface area contributed by atoms with Gasteiger partial charge in [0, 0.05) is 16.9 Å². The van der Waals surface area contributed by atoms with E-state index in [0.717, 1.165) is 0 Å². The summed E-state index contributed by atoms with van der Waals surface area (Å²) in [5.74, 6) is 0. The van der Waals surface area contributed by atoms with Crippen LogP contribution in [0.3, 0.4) is 0 Å². The van der Waals surface area contributed by atoms with E-state index in [1.807, 2.05) is 0 Å². The molecule has 0 aliphatic heterocycles. The zero-order valence-corrected chi connectivity index (χ0v) is 22.2. The van der Waals surface area contributed by atoms with Gasteiger partial charge in [-0.05, 0) is 90.9 Å². The Balaban J connectivity index is 2.17. The monoisotopic (exact) mass is 514 g/mol. The average molecular weight is 515 g/mol. The molecule has 0 spiro atoms. The maximum atomic E-state index is 12.1. The minimum Gasteiger partial charge on any atom is -0.444 e. The van der Waals surface area contributed by atoms with E-state index in [0.29, 0.717) is 28.3 Å². The number of nitrogens with one attached hydrogen (secondary N) is 2. The van der Waals surface area contributed by atoms with Gasteiger partial charge in [0.1, 0.15) is 17.8 Å². The summed E-state index contributed by atoms with van der Waals surface area (Å²) in [6.45, 7) is 12.3. The van der Waals surface area contributed by atoms with Crippen molar-refractivity contribution in [3.05, 3.63) is 48.0 Å². The molecule has 11 heteroatoms. The number of rotatable bonds is 7. The fraction of sp³-hybridized carbons (Fsp3) is 0.423. The highest BCUT2D eigenvalue weighted by Gasteiger charge is 2.18. The average Bonchev–Trinajstić information content (AvgIpc) is 2.75. The van der Waals surface area contributed by atoms with Crippen LogP contribution >= 0.6 is 0 Å². The molecule has 0 aliphatic carbocycles. The molecule has 2 aromatic carbocycles. The standard InChI is InChI=1S/C26H34N4O7/c1-8-34-24(33)35-16-17-15-20(28-23(32)37-26(5,6)7)13-14-21(17)30-29-19-11-9-18(10-12-19)27-22(31)36-25(2,3)4/h9-15H,8,16H2,1-7H3,(H,27,31)(H,28,32). The van der Waals surface area contributed by atoms with Gasteiger partial charge in [-0.2, -0.15) is 10.2 Å². The molecular formula is C26H34N4O7. The number of benzene rings is 2. The third-order valence-corrected chi connectivity index (χ3v) is 4.12. The lowest BCUT2D eigenvalue weighted by Gasteiger charge is -2.20. The zero-order chi connectivity index (χ0) is 27.6. The summed E-state index contributed by atoms with van der Waals surface area (Å²) in [4.78, 5) is 35.7. The number of nitrogens with zero attached hydrogens (tertiary/aromatic N) is 2. The molecule has 2 amide bonds. The van der Waals surface area contributed by atoms with E-state index in [9.17, 15) is 14.4 Å². The van der Waals surface area contributed by atoms with Crippen LogP contribution < -0.4 is 10.6 Å². The summed E-state index contributed by atoms with van der Waals surface area (Å²) < 4.78 is 20.4. The first-order valence-corrected chi connectivity index (χ1v) is 11.7. The third-order valence-electron chi connectivity index (χ3n) is 4.12. The van der Waals surface area contributed by atoms with Gasteiger partial charge in [0.15, 0.2) is 0 Å². The molecule has 2 N–H and O–H groups in total. The Kier molecular flexibility index (Phi) is 9.98. The maximum Gasteiger partial charge on any atom is 0.508 e. The SMILES string of the molecule is CCOC(=O)OCc1cc(NC(=O)OC(C)(C)C)ccc1N=Nc1ccc(NC(=O)OC(C)(C)C)cc1. The van der Waals surface area contributed by atoms with Crippen LogP contribution in [0.2, 0.25) is 0 Å². The molecule has 37 heavy (non-hydrogen) atoms. The molecule has 2 rings (SSSR count). The summed E-state index contributed by atoms with van der Waals surface area (Å²) in [6.07, 6.45) is -2.02. The molecule has 11 nitrogen and oxygen atoms in total. The van der Waals surface area contributed by atoms with Gasteiger partial charge in [0.2, 0.25) is 0 Å². The molecule has 2 aromatic rings. The van der Waals surface area contributed by atoms with Crippen molar-refractivity contribution >= 4 is 41.1 Å². The first-order chi connectivity index (χ1) is 17.2. The minimum absolute atomic E-state index is 0.157. The quantitative estimate of drug-likeness (QED) is 0.222. The molecule has 0 aliphatic rings. The van der Waals surface area contributed by atoms with Gasteiger partial charge in [-0.1, -0.05) is 0 Å². The Labute approximate surface area is 216 Å². The highest BCUT2D eigenvalue weighted by atomic mass is 16.7. The normalized spacial score (nSPS) is 11.5. The van der Waals surface area contributed by atoms with Crippen molar-refractivity contribution < 1.29 is 33.3 Å². The Morgan fingerprint density at radius 2 is 1.30 bits per heavy atom. The summed E-state index contributed by atoms with van der Waals surface area (Å²) >= 11 is 0. The van der Waals surface area contributed by atoms with Crippen molar-refractivity contribution in [1.82, 2.24) is 0 Å². The van der Waals surface area contributed by atoms with Gasteiger partial charge in [-0.25, -0.2) is 14.4 Å². The fourth-order valence-electron chi connectivity index (χ4n) is 2.74. The van der Waals surface area contributed by atoms with Gasteiger partial charge in [-0.3, -0.25) is 10.6 Å². The minimum atomic E-state index is -0.830. The molecule has 0 aromatic heterocycles. The van der Waals surface area contributed by atoms with E-state index in [1.54, 1.807) is 90.9 Å². The number of hydrogen-bond acceptors (Lipinski definition) is 9. The number of carbonyl (C=O) groups excluding carboxylic acids is 3. The highest BCUT2D eigenvalue weighted by molar-refractivity contribution is 5.86. The lowest BCUT2D eigenvalue weighted by atomic mass is 10.1. The summed E-state index contributed by atoms with van der Waals surface area (Å²) in [5.41, 5.74) is 1.10. The second kappa shape index (κ2) is 12.7. The van der Waals surface area contributed by atoms with Crippen LogP contribution in [0.15, 0.2) is 52.7 Å². The fourth-order valence-corrected chi connectivity index (χ4v) is 2.74. The summed E-state index contributed by atoms with van der Waals surface area (Å²) in [5, 5.41) is 13.8. The van der Waals surface area contributed by atoms with E-state index in [1.165, 1.54) is 0 Å². The predicted molar refractivity (Wildman–Crippen MR) is 139 cm³/mol. The van der Waals surface area contributed by atoms with E-state index in [-0.39, 0.29) is 13.2 Å². The van der Waals surface area contributed by atoms with Gasteiger partial charge in [-0.15, -0.1) is 0 Å². The zero-order valence-electron chi connectivity index (χ0n) is 22.2. The van der Waals surface area contributed by atoms with E-state index < -0.39 is 29.5 Å². The smallest absolute Gasteiger partial charge is 0.444 e. The van der Waals surface area contributed by atoms with Crippen LogP contribution in [-0.4, -0.2) is 36.2 Å². The summed E-state index contributed by atoms with van der Waals surface area (Å²) in [6, 6.07) is 11.5. The van der Waals surface area contributed by atoms with Gasteiger partial charge >= 0.3 is 18.3 Å². The molecule has 0 radical (unpaired) electrons. The lowest BCUT2D eigenvalue weighted by Crippen LogP contribution is -2.27. The van der Waals surface area contributed by atoms with Crippen molar-refractivity contribution in [3.8, 4) is 0 Å². The molecule has 0 fully saturated rings. The molecular weight excluding hydrogens is 480 g/mol. The molecule has 0 heterocycles. The van der Waals surface area contributed by atoms with E-state index in [2.05, 4.69) is 20.9 Å². The Morgan fingerprint density at radius 3 is 1.84 bits per heavy atom. The molecule has 0 saturated heterocycles. The summed E-state index contributed by atoms with van der Waals surface area (Å²) in [7, 11) is 0. The second-order valence-corrected chi connectivity index (χ2v) is 9.82. The topological polar surface area (TPSA) is 137 Å². The van der Waals surface area contributed by atoms with Gasteiger partial charge in [0.05, 0.1) is 18.0 Å². The molecule has 0 atom stereocenters. The maximum absolute atomic E-state index is 12.1. The molecule has 200 valence electrons. The predicted octanol–water partition coefficient (Wildman–Crippen LogP) is 7.47. The molecule has 0 unspecified atom stereocenters. The number of ether oxygens (including phenoxy) is 4. The van der Waals surface area contributed by atoms with Crippen LogP contribution in [0, 0.1) is 0 Å². The van der Waals surface area contributed by atoms with E-state index in [4.69, 9.17) is 18.9 Å². The van der Waals surface area contributed by atoms with Crippen molar-refractivity contribution in [2.75, 3.05) is 17.2 Å². The first kappa shape index (κ1) is 29.1. The van der Waals surface area contributed by atoms with Crippen LogP contribution in [0.5, 0.6) is 0 Å². The largest absolute Gasteiger partial charge is 0.508 e. The van der Waals surface area contributed by atoms with E-state index >= 15 is 0 Å². The lowest BCUT2D eigenvalue weighted by molar-refractivity contribution is 0.0534. The number of hydrogen-bond donors (Lipinski definition) is 2. The van der Waals surface area contributed by atoms with Crippen LogP contribution in [-0.2, 0) is 25.6 Å². The van der Waals surface area contributed by atoms with Crippen molar-refractivity contribution in [1.29, 1.82) is 0 Å². The van der Waals surface area contributed by atoms with Crippen molar-refractivity contribution in [2.45, 2.75) is 66.3 Å². The highest BCUT2D eigenvalue weighted by Crippen LogP contribution is 2.27. The van der Waals surface area contributed by atoms with Crippen LogP contribution in [0.4, 0.5) is 37.1 Å². The second-order valence-electron chi connectivity index (χ2n) is 9.82. The first-order valence-electron chi connectivity index (χ1n) is 11.7. The van der Waals surface area contributed by atoms with Crippen LogP contribution in [0.25, 0.3) is 0 Å². The van der Waals surface area contributed by atoms with Crippen LogP contribution in [0.1, 0.15) is 54.0 Å². The van der Waals surface area contributed by atoms with Gasteiger partial charge in [0.25, 0.3) is 0 Å². The van der Waals surface area contributed by atoms with Crippen molar-refractivity contribution in [3.63, 3.8) is 0 Å². The molecule has 0 saturated carbocycles. The van der Waals surface area contributed by atoms with Crippen molar-refractivity contribution in [2.24, 2.45) is 10.2 Å². The number of anilines is 2. The number of carbonyl (C=O) groups is 3. The Bertz CT molecular complexity index is 1120. The Morgan fingerprint density at radius 1 is 0.757 bits per heavy atom. The Hall–Kier alpha value is -4.15. The number of amides is 2. The number of azo groups is 1.